The molecule has 0 aliphatic carbocycles. The van der Waals surface area contributed by atoms with Gasteiger partial charge in [-0.2, -0.15) is 4.98 Å². The molecule has 3 aromatic rings. The normalized spacial score (nSPS) is 13.2. The van der Waals surface area contributed by atoms with Crippen LogP contribution >= 0.6 is 0 Å². The zero-order chi connectivity index (χ0) is 24.0. The highest BCUT2D eigenvalue weighted by Crippen LogP contribution is 2.10. The fraction of sp³-hybridized carbons (Fsp3) is 0.444. The third-order valence-electron chi connectivity index (χ3n) is 4.59. The predicted octanol–water partition coefficient (Wildman–Crippen LogP) is -2.82. The van der Waals surface area contributed by atoms with E-state index < -0.39 is 48.8 Å². The van der Waals surface area contributed by atoms with Crippen LogP contribution in [-0.2, 0) is 27.5 Å². The molecule has 3 aromatic heterocycles. The first-order chi connectivity index (χ1) is 15.8. The van der Waals surface area contributed by atoms with E-state index >= 15 is 0 Å². The number of amides is 2. The van der Waals surface area contributed by atoms with Crippen molar-refractivity contribution in [2.24, 2.45) is 5.73 Å². The van der Waals surface area contributed by atoms with Crippen LogP contribution in [0.4, 0.5) is 5.95 Å². The van der Waals surface area contributed by atoms with Crippen molar-refractivity contribution in [3.05, 3.63) is 34.9 Å². The number of ether oxygens (including phenoxy) is 1. The number of fused-ring (bicyclic) bond motifs is 1. The monoisotopic (exact) mass is 463 g/mol. The lowest BCUT2D eigenvalue weighted by molar-refractivity contribution is -0.127. The number of imidazole rings is 2. The Morgan fingerprint density at radius 3 is 2.67 bits per heavy atom. The Morgan fingerprint density at radius 2 is 2.03 bits per heavy atom. The van der Waals surface area contributed by atoms with Gasteiger partial charge in [-0.1, -0.05) is 0 Å². The Labute approximate surface area is 186 Å². The number of anilines is 1. The smallest absolute Gasteiger partial charge is 0.280 e. The van der Waals surface area contributed by atoms with Gasteiger partial charge >= 0.3 is 0 Å². The van der Waals surface area contributed by atoms with Gasteiger partial charge in [0.25, 0.3) is 5.56 Å². The molecule has 8 N–H and O–H groups in total. The quantitative estimate of drug-likeness (QED) is 0.154. The Morgan fingerprint density at radius 1 is 1.27 bits per heavy atom. The third-order valence-corrected chi connectivity index (χ3v) is 4.59. The van der Waals surface area contributed by atoms with Gasteiger partial charge < -0.3 is 31.0 Å². The fourth-order valence-corrected chi connectivity index (χ4v) is 2.78. The van der Waals surface area contributed by atoms with Gasteiger partial charge in [0.05, 0.1) is 37.6 Å². The summed E-state index contributed by atoms with van der Waals surface area (Å²) in [7, 11) is 0. The zero-order valence-electron chi connectivity index (χ0n) is 17.7. The molecule has 2 unspecified atom stereocenters. The van der Waals surface area contributed by atoms with Crippen LogP contribution < -0.4 is 21.9 Å². The number of nitrogens with zero attached hydrogens (tertiary/aromatic N) is 4. The van der Waals surface area contributed by atoms with Gasteiger partial charge in [-0.25, -0.2) is 9.97 Å². The minimum Gasteiger partial charge on any atom is -0.394 e. The van der Waals surface area contributed by atoms with Crippen LogP contribution in [0.3, 0.4) is 0 Å². The summed E-state index contributed by atoms with van der Waals surface area (Å²) in [6.45, 7) is 0.525. The van der Waals surface area contributed by atoms with Crippen LogP contribution in [0, 0.1) is 0 Å². The molecule has 15 heteroatoms. The van der Waals surface area contributed by atoms with E-state index in [0.29, 0.717) is 5.69 Å². The second-order valence-electron chi connectivity index (χ2n) is 7.19. The molecule has 33 heavy (non-hydrogen) atoms. The highest BCUT2D eigenvalue weighted by Gasteiger charge is 2.24. The van der Waals surface area contributed by atoms with Crippen molar-refractivity contribution in [3.8, 4) is 0 Å². The second-order valence-corrected chi connectivity index (χ2v) is 7.19. The molecule has 3 rings (SSSR count). The summed E-state index contributed by atoms with van der Waals surface area (Å²) in [6, 6.07) is -1.89. The van der Waals surface area contributed by atoms with Gasteiger partial charge in [0.15, 0.2) is 11.2 Å². The molecular weight excluding hydrogens is 438 g/mol. The van der Waals surface area contributed by atoms with Crippen molar-refractivity contribution in [2.75, 3.05) is 18.5 Å². The fourth-order valence-electron chi connectivity index (χ4n) is 2.78. The summed E-state index contributed by atoms with van der Waals surface area (Å²) in [5.74, 6) is -1.38. The first-order valence-electron chi connectivity index (χ1n) is 9.95. The minimum atomic E-state index is -1.05. The number of hydrogen-bond donors (Lipinski definition) is 7. The van der Waals surface area contributed by atoms with Crippen molar-refractivity contribution in [1.82, 2.24) is 34.8 Å². The largest absolute Gasteiger partial charge is 0.394 e. The Bertz CT molecular complexity index is 1140. The highest BCUT2D eigenvalue weighted by molar-refractivity contribution is 5.97. The first kappa shape index (κ1) is 24.0. The van der Waals surface area contributed by atoms with E-state index in [9.17, 15) is 14.4 Å². The number of aromatic nitrogens is 6. The maximum absolute atomic E-state index is 12.9. The number of H-pyrrole nitrogens is 2. The number of rotatable bonds is 11. The molecule has 0 spiro atoms. The van der Waals surface area contributed by atoms with Crippen molar-refractivity contribution in [3.63, 3.8) is 0 Å². The molecule has 0 fully saturated rings. The zero-order valence-corrected chi connectivity index (χ0v) is 17.7. The highest BCUT2D eigenvalue weighted by atomic mass is 16.5. The van der Waals surface area contributed by atoms with Gasteiger partial charge in [0.1, 0.15) is 18.9 Å². The Kier molecular flexibility index (Phi) is 7.83. The van der Waals surface area contributed by atoms with Crippen molar-refractivity contribution >= 4 is 28.9 Å². The van der Waals surface area contributed by atoms with Crippen LogP contribution in [0.1, 0.15) is 12.6 Å². The predicted molar refractivity (Wildman–Crippen MR) is 114 cm³/mol. The molecule has 2 atom stereocenters. The lowest BCUT2D eigenvalue weighted by Crippen LogP contribution is -2.50. The van der Waals surface area contributed by atoms with Crippen LogP contribution in [0.25, 0.3) is 11.2 Å². The van der Waals surface area contributed by atoms with E-state index in [2.05, 4.69) is 35.6 Å². The first-order valence-corrected chi connectivity index (χ1v) is 9.95. The molecule has 178 valence electrons. The second kappa shape index (κ2) is 10.8. The van der Waals surface area contributed by atoms with Gasteiger partial charge in [0.2, 0.25) is 17.8 Å². The number of hydrogen-bond acceptors (Lipinski definition) is 10. The molecular formula is C18H25N9O6. The van der Waals surface area contributed by atoms with E-state index in [-0.39, 0.29) is 30.3 Å². The van der Waals surface area contributed by atoms with E-state index in [1.54, 1.807) is 6.20 Å². The summed E-state index contributed by atoms with van der Waals surface area (Å²) < 4.78 is 6.70. The topological polar surface area (TPSA) is 226 Å². The summed E-state index contributed by atoms with van der Waals surface area (Å²) in [5, 5.41) is 23.3. The summed E-state index contributed by atoms with van der Waals surface area (Å²) in [6.07, 6.45) is 3.56. The third kappa shape index (κ3) is 5.98. The van der Waals surface area contributed by atoms with Gasteiger partial charge in [-0.05, 0) is 6.92 Å². The average Bonchev–Trinajstić information content (AvgIpc) is 3.44. The Balaban J connectivity index is 1.81. The lowest BCUT2D eigenvalue weighted by Gasteiger charge is -2.18. The number of aromatic amines is 2. The van der Waals surface area contributed by atoms with Crippen LogP contribution in [0.2, 0.25) is 0 Å². The molecule has 0 aromatic carbocycles. The molecule has 0 radical (unpaired) electrons. The minimum absolute atomic E-state index is 0.000483. The standard InChI is InChI=1S/C18H25N9O6/c1-9(19)15(30)23-12(2-10-3-20-6-21-10)16(31)25-18-24-14-13(17(32)26-18)22-7-27(14)8-33-11(4-28)5-29/h3,6-7,9,11-12,28-29H,2,4-5,8,19H2,1H3,(H,20,21)(H,23,30)(H2,24,25,26,31,32). The lowest BCUT2D eigenvalue weighted by atomic mass is 10.1. The van der Waals surface area contributed by atoms with Crippen LogP contribution in [0.5, 0.6) is 0 Å². The number of aliphatic hydroxyl groups excluding tert-OH is 2. The van der Waals surface area contributed by atoms with Gasteiger partial charge in [-0.3, -0.25) is 29.3 Å². The summed E-state index contributed by atoms with van der Waals surface area (Å²) in [5.41, 5.74) is 5.60. The van der Waals surface area contributed by atoms with E-state index in [1.807, 2.05) is 0 Å². The Hall–Kier alpha value is -3.66. The van der Waals surface area contributed by atoms with E-state index in [4.69, 9.17) is 20.7 Å². The maximum Gasteiger partial charge on any atom is 0.280 e. The molecule has 0 bridgehead atoms. The molecule has 0 aliphatic rings. The average molecular weight is 463 g/mol. The summed E-state index contributed by atoms with van der Waals surface area (Å²) in [4.78, 5) is 54.8. The SMILES string of the molecule is CC(N)C(=O)NC(Cc1c[nH]cn1)C(=O)Nc1nc2c(ncn2COC(CO)CO)c(=O)[nH]1. The molecule has 0 aliphatic heterocycles. The van der Waals surface area contributed by atoms with Crippen LogP contribution in [0.15, 0.2) is 23.6 Å². The van der Waals surface area contributed by atoms with E-state index in [1.165, 1.54) is 24.1 Å². The van der Waals surface area contributed by atoms with Crippen molar-refractivity contribution in [2.45, 2.75) is 38.3 Å². The number of carbonyl (C=O) groups excluding carboxylic acids is 2. The molecule has 2 amide bonds. The van der Waals surface area contributed by atoms with Crippen molar-refractivity contribution < 1.29 is 24.5 Å². The molecule has 15 nitrogen and oxygen atoms in total. The molecule has 3 heterocycles. The number of aliphatic hydroxyl groups is 2. The molecule has 0 saturated carbocycles. The van der Waals surface area contributed by atoms with E-state index in [0.717, 1.165) is 0 Å². The molecule has 0 saturated heterocycles. The van der Waals surface area contributed by atoms with Gasteiger partial charge in [0, 0.05) is 12.6 Å². The number of nitrogens with two attached hydrogens (primary N) is 1. The maximum atomic E-state index is 12.9. The summed E-state index contributed by atoms with van der Waals surface area (Å²) >= 11 is 0. The number of nitrogens with one attached hydrogen (secondary N) is 4. The number of carbonyl (C=O) groups is 2. The van der Waals surface area contributed by atoms with Crippen LogP contribution in [-0.4, -0.2) is 82.9 Å². The van der Waals surface area contributed by atoms with Gasteiger partial charge in [-0.15, -0.1) is 0 Å². The van der Waals surface area contributed by atoms with Crippen molar-refractivity contribution in [1.29, 1.82) is 0 Å².